The van der Waals surface area contributed by atoms with E-state index in [0.717, 1.165) is 38.4 Å². The molecule has 0 heterocycles. The standard InChI is InChI=1S/C23H30F2N2.C7H13N.C3H4.C2H4/c1-18-8-4-5-10-21(18)13-12-19(2)27-15-7-14-26-17-20-9-6-11-22(16-20)23(3,24)25;1-6(2)7(3)5-8-4;1-3-2;1-2/h4-6,8-12,16,26-27H,7,13-15,17H2,1-3H3;5H,1-4H3;1H,2H3;1-2H2/b19-12+;;;. The maximum Gasteiger partial charge on any atom is 0.270 e. The molecule has 0 saturated carbocycles. The predicted octanol–water partition coefficient (Wildman–Crippen LogP) is 8.81. The fraction of sp³-hybridized carbons (Fsp3) is 0.400. The first-order valence-corrected chi connectivity index (χ1v) is 13.5. The molecule has 0 aliphatic carbocycles. The molecule has 2 N–H and O–H groups in total. The third-order valence-corrected chi connectivity index (χ3v) is 5.70. The highest BCUT2D eigenvalue weighted by Gasteiger charge is 2.23. The number of terminal acetylenes is 1. The highest BCUT2D eigenvalue weighted by Crippen LogP contribution is 2.27. The zero-order valence-electron chi connectivity index (χ0n) is 26.0. The van der Waals surface area contributed by atoms with Gasteiger partial charge >= 0.3 is 0 Å². The Balaban J connectivity index is 0. The quantitative estimate of drug-likeness (QED) is 0.127. The van der Waals surface area contributed by atoms with Gasteiger partial charge in [0.15, 0.2) is 0 Å². The van der Waals surface area contributed by atoms with E-state index in [9.17, 15) is 8.78 Å². The number of aliphatic imine (C=N–C) groups is 1. The van der Waals surface area contributed by atoms with E-state index in [1.54, 1.807) is 26.1 Å². The normalized spacial score (nSPS) is 10.6. The van der Waals surface area contributed by atoms with Gasteiger partial charge in [-0.25, -0.2) is 8.78 Å². The number of halogens is 2. The molecular formula is C35H51F2N3. The molecule has 2 aromatic carbocycles. The van der Waals surface area contributed by atoms with Gasteiger partial charge < -0.3 is 10.6 Å². The van der Waals surface area contributed by atoms with Crippen LogP contribution in [0.4, 0.5) is 8.78 Å². The largest absolute Gasteiger partial charge is 0.389 e. The Labute approximate surface area is 243 Å². The summed E-state index contributed by atoms with van der Waals surface area (Å²) in [5.74, 6) is -0.540. The van der Waals surface area contributed by atoms with Crippen molar-refractivity contribution < 1.29 is 8.78 Å². The fourth-order valence-electron chi connectivity index (χ4n) is 3.18. The number of nitrogens with zero attached hydrogens (tertiary/aromatic N) is 1. The fourth-order valence-corrected chi connectivity index (χ4v) is 3.18. The predicted molar refractivity (Wildman–Crippen MR) is 173 cm³/mol. The Hall–Kier alpha value is -3.49. The summed E-state index contributed by atoms with van der Waals surface area (Å²) in [4.78, 5) is 3.87. The van der Waals surface area contributed by atoms with Gasteiger partial charge in [-0.2, -0.15) is 0 Å². The van der Waals surface area contributed by atoms with E-state index in [-0.39, 0.29) is 5.56 Å². The molecule has 0 aliphatic heterocycles. The maximum absolute atomic E-state index is 13.4. The van der Waals surface area contributed by atoms with Crippen molar-refractivity contribution in [1.82, 2.24) is 10.6 Å². The second kappa shape index (κ2) is 23.4. The van der Waals surface area contributed by atoms with Crippen LogP contribution in [-0.4, -0.2) is 26.4 Å². The highest BCUT2D eigenvalue weighted by molar-refractivity contribution is 5.78. The first-order chi connectivity index (χ1) is 19.0. The van der Waals surface area contributed by atoms with Gasteiger partial charge in [-0.3, -0.25) is 4.99 Å². The minimum Gasteiger partial charge on any atom is -0.389 e. The third-order valence-electron chi connectivity index (χ3n) is 5.70. The second-order valence-electron chi connectivity index (χ2n) is 9.42. The molecule has 0 aliphatic rings. The Bertz CT molecular complexity index is 1080. The van der Waals surface area contributed by atoms with Crippen molar-refractivity contribution in [2.75, 3.05) is 20.1 Å². The SMILES string of the molecule is C#CC.C/C(=C\Cc1ccccc1C)NCCCNCc1cccc(C(C)(F)F)c1.C=C.CN=CC(C)=C(C)C. The van der Waals surface area contributed by atoms with Gasteiger partial charge in [0.2, 0.25) is 0 Å². The number of alkyl halides is 2. The Morgan fingerprint density at radius 2 is 1.68 bits per heavy atom. The monoisotopic (exact) mass is 551 g/mol. The van der Waals surface area contributed by atoms with Crippen LogP contribution in [0.15, 0.2) is 89.6 Å². The van der Waals surface area contributed by atoms with E-state index in [2.05, 4.69) is 106 Å². The average Bonchev–Trinajstić information content (AvgIpc) is 2.92. The summed E-state index contributed by atoms with van der Waals surface area (Å²) >= 11 is 0. The summed E-state index contributed by atoms with van der Waals surface area (Å²) in [5.41, 5.74) is 7.38. The van der Waals surface area contributed by atoms with E-state index in [1.807, 2.05) is 12.3 Å². The number of nitrogens with one attached hydrogen (secondary N) is 2. The lowest BCUT2D eigenvalue weighted by Crippen LogP contribution is -2.21. The van der Waals surface area contributed by atoms with E-state index in [4.69, 9.17) is 0 Å². The maximum atomic E-state index is 13.4. The van der Waals surface area contributed by atoms with Crippen LogP contribution in [0.2, 0.25) is 0 Å². The summed E-state index contributed by atoms with van der Waals surface area (Å²) in [6.45, 7) is 21.3. The van der Waals surface area contributed by atoms with Crippen LogP contribution in [0.3, 0.4) is 0 Å². The minimum absolute atomic E-state index is 0.0675. The number of allylic oxidation sites excluding steroid dienone is 4. The Kier molecular flexibility index (Phi) is 22.6. The van der Waals surface area contributed by atoms with Crippen LogP contribution in [0.5, 0.6) is 0 Å². The number of hydrogen-bond donors (Lipinski definition) is 2. The second-order valence-corrected chi connectivity index (χ2v) is 9.42. The zero-order chi connectivity index (χ0) is 31.0. The molecule has 40 heavy (non-hydrogen) atoms. The van der Waals surface area contributed by atoms with Crippen LogP contribution >= 0.6 is 0 Å². The lowest BCUT2D eigenvalue weighted by molar-refractivity contribution is 0.0174. The first kappa shape index (κ1) is 38.7. The first-order valence-electron chi connectivity index (χ1n) is 13.5. The number of rotatable bonds is 11. The molecular weight excluding hydrogens is 500 g/mol. The molecule has 3 nitrogen and oxygen atoms in total. The van der Waals surface area contributed by atoms with E-state index in [1.165, 1.54) is 34.0 Å². The topological polar surface area (TPSA) is 36.4 Å². The van der Waals surface area contributed by atoms with Crippen molar-refractivity contribution in [1.29, 1.82) is 0 Å². The summed E-state index contributed by atoms with van der Waals surface area (Å²) < 4.78 is 26.7. The molecule has 0 saturated heterocycles. The van der Waals surface area contributed by atoms with Gasteiger partial charge in [-0.15, -0.1) is 25.5 Å². The van der Waals surface area contributed by atoms with E-state index >= 15 is 0 Å². The van der Waals surface area contributed by atoms with Gasteiger partial charge in [0.1, 0.15) is 0 Å². The van der Waals surface area contributed by atoms with Gasteiger partial charge in [0, 0.05) is 44.5 Å². The average molecular weight is 552 g/mol. The minimum atomic E-state index is -2.79. The molecule has 0 atom stereocenters. The lowest BCUT2D eigenvalue weighted by atomic mass is 10.1. The molecule has 0 spiro atoms. The lowest BCUT2D eigenvalue weighted by Gasteiger charge is -2.12. The Morgan fingerprint density at radius 3 is 2.20 bits per heavy atom. The van der Waals surface area contributed by atoms with Crippen LogP contribution < -0.4 is 10.6 Å². The smallest absolute Gasteiger partial charge is 0.270 e. The molecule has 0 amide bonds. The summed E-state index contributed by atoms with van der Waals surface area (Å²) in [5, 5.41) is 6.74. The molecule has 2 aromatic rings. The highest BCUT2D eigenvalue weighted by atomic mass is 19.3. The van der Waals surface area contributed by atoms with Crippen LogP contribution in [0.25, 0.3) is 0 Å². The van der Waals surface area contributed by atoms with Gasteiger partial charge in [-0.05, 0) is 89.3 Å². The van der Waals surface area contributed by atoms with E-state index in [0.29, 0.717) is 6.54 Å². The van der Waals surface area contributed by atoms with Crippen molar-refractivity contribution >= 4 is 6.21 Å². The van der Waals surface area contributed by atoms with Crippen molar-refractivity contribution in [3.8, 4) is 12.3 Å². The van der Waals surface area contributed by atoms with Crippen molar-refractivity contribution in [3.05, 3.63) is 107 Å². The molecule has 0 bridgehead atoms. The molecule has 0 aromatic heterocycles. The summed E-state index contributed by atoms with van der Waals surface area (Å²) in [6.07, 6.45) is 10.6. The molecule has 220 valence electrons. The molecule has 2 rings (SSSR count). The van der Waals surface area contributed by atoms with E-state index < -0.39 is 5.92 Å². The van der Waals surface area contributed by atoms with Crippen LogP contribution in [0.1, 0.15) is 70.2 Å². The van der Waals surface area contributed by atoms with Gasteiger partial charge in [0.25, 0.3) is 5.92 Å². The third kappa shape index (κ3) is 19.6. The van der Waals surface area contributed by atoms with Crippen molar-refractivity contribution in [3.63, 3.8) is 0 Å². The molecule has 5 heteroatoms. The summed E-state index contributed by atoms with van der Waals surface area (Å²) in [7, 11) is 1.78. The van der Waals surface area contributed by atoms with Gasteiger partial charge in [-0.1, -0.05) is 54.1 Å². The van der Waals surface area contributed by atoms with Crippen molar-refractivity contribution in [2.45, 2.75) is 73.8 Å². The Morgan fingerprint density at radius 1 is 1.05 bits per heavy atom. The molecule has 0 fully saturated rings. The van der Waals surface area contributed by atoms with Crippen LogP contribution in [0, 0.1) is 19.3 Å². The zero-order valence-corrected chi connectivity index (χ0v) is 26.0. The van der Waals surface area contributed by atoms with Crippen LogP contribution in [-0.2, 0) is 18.9 Å². The molecule has 0 radical (unpaired) electrons. The van der Waals surface area contributed by atoms with Gasteiger partial charge in [0.05, 0.1) is 0 Å². The molecule has 0 unspecified atom stereocenters. The number of aryl methyl sites for hydroxylation is 1. The summed E-state index contributed by atoms with van der Waals surface area (Å²) in [6, 6.07) is 15.0. The van der Waals surface area contributed by atoms with Crippen molar-refractivity contribution in [2.24, 2.45) is 4.99 Å². The number of hydrogen-bond acceptors (Lipinski definition) is 3. The number of benzene rings is 2.